The summed E-state index contributed by atoms with van der Waals surface area (Å²) in [6.45, 7) is 11.7. The van der Waals surface area contributed by atoms with Gasteiger partial charge in [-0.3, -0.25) is 9.78 Å². The molecule has 0 unspecified atom stereocenters. The Hall–Kier alpha value is -3.18. The summed E-state index contributed by atoms with van der Waals surface area (Å²) in [4.78, 5) is 22.9. The fraction of sp³-hybridized carbons (Fsp3) is 0.296. The molecule has 5 nitrogen and oxygen atoms in total. The van der Waals surface area contributed by atoms with E-state index in [4.69, 9.17) is 0 Å². The number of piperazine rings is 1. The number of anilines is 1. The Morgan fingerprint density at radius 2 is 1.78 bits per heavy atom. The SMILES string of the molecule is CCN1CCN(c2ccc3cc(-c4cc5c(C)nc(C)cn5c4)c(=O)c4c(c3c2)[CH]4)CC1. The Morgan fingerprint density at radius 1 is 0.969 bits per heavy atom. The lowest BCUT2D eigenvalue weighted by molar-refractivity contribution is 0.271. The molecule has 2 aliphatic rings. The van der Waals surface area contributed by atoms with Gasteiger partial charge in [-0.25, -0.2) is 0 Å². The molecule has 0 atom stereocenters. The molecule has 1 saturated heterocycles. The lowest BCUT2D eigenvalue weighted by atomic mass is 10.1. The van der Waals surface area contributed by atoms with Gasteiger partial charge in [0.05, 0.1) is 16.9 Å². The molecule has 0 bridgehead atoms. The first-order chi connectivity index (χ1) is 15.5. The van der Waals surface area contributed by atoms with Crippen molar-refractivity contribution < 1.29 is 0 Å². The van der Waals surface area contributed by atoms with Crippen LogP contribution in [0.1, 0.15) is 29.4 Å². The number of fused-ring (bicyclic) bond motifs is 4. The molecule has 2 aromatic heterocycles. The lowest BCUT2D eigenvalue weighted by Crippen LogP contribution is -2.46. The number of benzene rings is 1. The van der Waals surface area contributed by atoms with Crippen LogP contribution in [0.4, 0.5) is 5.69 Å². The zero-order chi connectivity index (χ0) is 22.0. The molecular formula is C27H27N4O. The molecule has 161 valence electrons. The third-order valence-corrected chi connectivity index (χ3v) is 7.00. The zero-order valence-corrected chi connectivity index (χ0v) is 18.9. The molecule has 4 aromatic rings. The standard InChI is InChI=1S/C27H27N4O/c1-4-29-7-9-30(10-8-29)21-6-5-19-11-23(27(32)25-14-24(25)22(19)13-21)20-12-26-18(3)28-17(2)15-31(26)16-20/h5-6,11-16H,4,7-10H2,1-3H3. The van der Waals surface area contributed by atoms with Crippen LogP contribution in [0.2, 0.25) is 0 Å². The molecule has 0 saturated carbocycles. The Bertz CT molecular complexity index is 1440. The highest BCUT2D eigenvalue weighted by Gasteiger charge is 2.27. The van der Waals surface area contributed by atoms with E-state index >= 15 is 0 Å². The van der Waals surface area contributed by atoms with Crippen LogP contribution in [-0.2, 0) is 0 Å². The molecular weight excluding hydrogens is 396 g/mol. The number of hydrogen-bond donors (Lipinski definition) is 0. The molecule has 2 aromatic carbocycles. The fourth-order valence-electron chi connectivity index (χ4n) is 5.10. The van der Waals surface area contributed by atoms with Crippen LogP contribution in [0.25, 0.3) is 27.4 Å². The summed E-state index contributed by atoms with van der Waals surface area (Å²) in [6.07, 6.45) is 6.11. The smallest absolute Gasteiger partial charge is 0.190 e. The van der Waals surface area contributed by atoms with Gasteiger partial charge in [-0.2, -0.15) is 0 Å². The lowest BCUT2D eigenvalue weighted by Gasteiger charge is -2.35. The minimum atomic E-state index is 0.118. The molecule has 1 fully saturated rings. The van der Waals surface area contributed by atoms with Crippen LogP contribution in [-0.4, -0.2) is 47.0 Å². The van der Waals surface area contributed by atoms with Crippen molar-refractivity contribution >= 4 is 22.0 Å². The molecule has 0 amide bonds. The average molecular weight is 424 g/mol. The fourth-order valence-corrected chi connectivity index (χ4v) is 5.10. The summed E-state index contributed by atoms with van der Waals surface area (Å²) < 4.78 is 2.08. The second-order valence-electron chi connectivity index (χ2n) is 9.04. The maximum absolute atomic E-state index is 13.3. The number of aromatic nitrogens is 2. The monoisotopic (exact) mass is 423 g/mol. The first-order valence-corrected chi connectivity index (χ1v) is 11.5. The quantitative estimate of drug-likeness (QED) is 0.436. The first kappa shape index (κ1) is 19.5. The van der Waals surface area contributed by atoms with Crippen LogP contribution in [0.5, 0.6) is 0 Å². The van der Waals surface area contributed by atoms with Gasteiger partial charge in [0.1, 0.15) is 0 Å². The number of nitrogens with zero attached hydrogens (tertiary/aromatic N) is 4. The van der Waals surface area contributed by atoms with Gasteiger partial charge in [0, 0.05) is 67.4 Å². The Morgan fingerprint density at radius 3 is 2.56 bits per heavy atom. The van der Waals surface area contributed by atoms with Crippen LogP contribution < -0.4 is 10.3 Å². The highest BCUT2D eigenvalue weighted by molar-refractivity contribution is 5.97. The summed E-state index contributed by atoms with van der Waals surface area (Å²) in [5.41, 5.74) is 8.02. The first-order valence-electron chi connectivity index (χ1n) is 11.5. The van der Waals surface area contributed by atoms with Gasteiger partial charge in [0.2, 0.25) is 0 Å². The topological polar surface area (TPSA) is 40.9 Å². The maximum atomic E-state index is 13.3. The highest BCUT2D eigenvalue weighted by atomic mass is 16.1. The highest BCUT2D eigenvalue weighted by Crippen LogP contribution is 2.38. The molecule has 3 heterocycles. The van der Waals surface area contributed by atoms with Crippen LogP contribution >= 0.6 is 0 Å². The average Bonchev–Trinajstić information content (AvgIpc) is 3.50. The van der Waals surface area contributed by atoms with E-state index < -0.39 is 0 Å². The zero-order valence-electron chi connectivity index (χ0n) is 18.9. The molecule has 32 heavy (non-hydrogen) atoms. The van der Waals surface area contributed by atoms with E-state index in [2.05, 4.69) is 62.6 Å². The van der Waals surface area contributed by atoms with Crippen LogP contribution in [0.3, 0.4) is 0 Å². The van der Waals surface area contributed by atoms with Gasteiger partial charge in [0.25, 0.3) is 0 Å². The van der Waals surface area contributed by atoms with Crippen molar-refractivity contribution in [2.45, 2.75) is 20.8 Å². The summed E-state index contributed by atoms with van der Waals surface area (Å²) >= 11 is 0. The van der Waals surface area contributed by atoms with E-state index in [0.29, 0.717) is 0 Å². The molecule has 0 spiro atoms. The number of aryl methyl sites for hydroxylation is 2. The van der Waals surface area contributed by atoms with E-state index in [1.54, 1.807) is 0 Å². The van der Waals surface area contributed by atoms with Gasteiger partial charge < -0.3 is 14.2 Å². The Labute approximate surface area is 187 Å². The van der Waals surface area contributed by atoms with Crippen molar-refractivity contribution in [3.05, 3.63) is 81.9 Å². The van der Waals surface area contributed by atoms with Crippen molar-refractivity contribution in [1.29, 1.82) is 0 Å². The third-order valence-electron chi connectivity index (χ3n) is 7.00. The van der Waals surface area contributed by atoms with E-state index in [1.165, 1.54) is 11.1 Å². The molecule has 1 aliphatic carbocycles. The second kappa shape index (κ2) is 7.17. The van der Waals surface area contributed by atoms with Crippen molar-refractivity contribution in [3.63, 3.8) is 0 Å². The number of rotatable bonds is 3. The molecule has 5 heteroatoms. The Balaban J connectivity index is 1.46. The minimum absolute atomic E-state index is 0.118. The maximum Gasteiger partial charge on any atom is 0.190 e. The predicted octanol–water partition coefficient (Wildman–Crippen LogP) is 4.19. The van der Waals surface area contributed by atoms with E-state index in [0.717, 1.165) is 77.3 Å². The summed E-state index contributed by atoms with van der Waals surface area (Å²) in [7, 11) is 0. The van der Waals surface area contributed by atoms with Gasteiger partial charge in [-0.15, -0.1) is 0 Å². The van der Waals surface area contributed by atoms with Gasteiger partial charge in [-0.05, 0) is 61.0 Å². The van der Waals surface area contributed by atoms with Crippen molar-refractivity contribution in [1.82, 2.24) is 14.3 Å². The summed E-state index contributed by atoms with van der Waals surface area (Å²) in [5.74, 6) is 0. The van der Waals surface area contributed by atoms with Crippen molar-refractivity contribution in [2.24, 2.45) is 0 Å². The number of hydrogen-bond acceptors (Lipinski definition) is 4. The second-order valence-corrected chi connectivity index (χ2v) is 9.04. The molecule has 0 N–H and O–H groups in total. The van der Waals surface area contributed by atoms with Gasteiger partial charge in [-0.1, -0.05) is 13.0 Å². The van der Waals surface area contributed by atoms with Crippen LogP contribution in [0, 0.1) is 20.3 Å². The van der Waals surface area contributed by atoms with E-state index in [1.807, 2.05) is 26.5 Å². The third kappa shape index (κ3) is 3.11. The molecule has 1 aliphatic heterocycles. The summed E-state index contributed by atoms with van der Waals surface area (Å²) in [5, 5.41) is 2.29. The number of likely N-dealkylation sites (N-methyl/N-ethyl adjacent to an activating group) is 1. The molecule has 1 radical (unpaired) electrons. The van der Waals surface area contributed by atoms with E-state index in [-0.39, 0.29) is 5.43 Å². The predicted molar refractivity (Wildman–Crippen MR) is 131 cm³/mol. The van der Waals surface area contributed by atoms with E-state index in [9.17, 15) is 4.79 Å². The minimum Gasteiger partial charge on any atom is -0.369 e. The molecule has 6 rings (SSSR count). The van der Waals surface area contributed by atoms with Gasteiger partial charge >= 0.3 is 0 Å². The van der Waals surface area contributed by atoms with Crippen LogP contribution in [0.15, 0.2) is 47.5 Å². The summed E-state index contributed by atoms with van der Waals surface area (Å²) in [6, 6.07) is 10.8. The normalized spacial score (nSPS) is 16.0. The van der Waals surface area contributed by atoms with Crippen molar-refractivity contribution in [2.75, 3.05) is 37.6 Å². The van der Waals surface area contributed by atoms with Gasteiger partial charge in [0.15, 0.2) is 5.43 Å². The Kier molecular flexibility index (Phi) is 4.37. The largest absolute Gasteiger partial charge is 0.369 e. The van der Waals surface area contributed by atoms with Crippen molar-refractivity contribution in [3.8, 4) is 11.1 Å².